The summed E-state index contributed by atoms with van der Waals surface area (Å²) in [4.78, 5) is 28.2. The van der Waals surface area contributed by atoms with E-state index >= 15 is 0 Å². The molecular weight excluding hydrogens is 384 g/mol. The number of halogens is 1. The van der Waals surface area contributed by atoms with Crippen molar-refractivity contribution >= 4 is 39.6 Å². The van der Waals surface area contributed by atoms with E-state index in [2.05, 4.69) is 5.32 Å². The van der Waals surface area contributed by atoms with E-state index in [0.717, 1.165) is 37.9 Å². The molecule has 2 N–H and O–H groups in total. The maximum atomic E-state index is 13.2. The summed E-state index contributed by atoms with van der Waals surface area (Å²) in [5, 5.41) is 4.31. The van der Waals surface area contributed by atoms with Crippen molar-refractivity contribution < 1.29 is 19.2 Å². The van der Waals surface area contributed by atoms with Crippen molar-refractivity contribution in [1.29, 1.82) is 0 Å². The highest BCUT2D eigenvalue weighted by atomic mass is 35.5. The first-order valence-electron chi connectivity index (χ1n) is 9.28. The van der Waals surface area contributed by atoms with Crippen LogP contribution in [0, 0.1) is 0 Å². The van der Waals surface area contributed by atoms with Gasteiger partial charge in [-0.25, -0.2) is 0 Å². The fourth-order valence-corrected chi connectivity index (χ4v) is 5.14. The normalized spacial score (nSPS) is 16.9. The summed E-state index contributed by atoms with van der Waals surface area (Å²) in [6.45, 7) is 3.46. The van der Waals surface area contributed by atoms with Crippen LogP contribution in [-0.4, -0.2) is 44.5 Å². The summed E-state index contributed by atoms with van der Waals surface area (Å²) in [6, 6.07) is 6.93. The van der Waals surface area contributed by atoms with E-state index in [1.807, 2.05) is 0 Å². The lowest BCUT2D eigenvalue weighted by atomic mass is 10.0. The number of carbonyl (C=O) groups is 2. The highest BCUT2D eigenvalue weighted by Gasteiger charge is 2.29. The number of thiophene rings is 1. The minimum atomic E-state index is -0.0445. The van der Waals surface area contributed by atoms with Crippen LogP contribution in [0.4, 0.5) is 5.00 Å². The Hall–Kier alpha value is -1.73. The highest BCUT2D eigenvalue weighted by Crippen LogP contribution is 2.40. The number of fused-ring (bicyclic) bond motifs is 1. The number of anilines is 1. The van der Waals surface area contributed by atoms with Gasteiger partial charge in [0.2, 0.25) is 0 Å². The third kappa shape index (κ3) is 4.09. The lowest BCUT2D eigenvalue weighted by Crippen LogP contribution is -3.15. The van der Waals surface area contributed by atoms with Crippen molar-refractivity contribution in [3.05, 3.63) is 50.9 Å². The average Bonchev–Trinajstić information content (AvgIpc) is 3.23. The van der Waals surface area contributed by atoms with Gasteiger partial charge < -0.3 is 15.0 Å². The molecule has 0 bridgehead atoms. The zero-order valence-corrected chi connectivity index (χ0v) is 16.5. The van der Waals surface area contributed by atoms with Gasteiger partial charge in [-0.1, -0.05) is 11.6 Å². The molecule has 5 nitrogen and oxygen atoms in total. The van der Waals surface area contributed by atoms with E-state index < -0.39 is 0 Å². The number of morpholine rings is 1. The van der Waals surface area contributed by atoms with Gasteiger partial charge in [0.15, 0.2) is 12.3 Å². The molecule has 142 valence electrons. The molecular formula is C20H22ClN2O3S+. The Bertz CT molecular complexity index is 857. The van der Waals surface area contributed by atoms with Crippen LogP contribution in [0.25, 0.3) is 0 Å². The third-order valence-corrected chi connectivity index (χ3v) is 6.58. The number of rotatable bonds is 5. The van der Waals surface area contributed by atoms with Crippen LogP contribution in [0.5, 0.6) is 0 Å². The van der Waals surface area contributed by atoms with Gasteiger partial charge in [-0.15, -0.1) is 11.3 Å². The van der Waals surface area contributed by atoms with Gasteiger partial charge in [-0.2, -0.15) is 0 Å². The van der Waals surface area contributed by atoms with Crippen molar-refractivity contribution in [1.82, 2.24) is 0 Å². The lowest BCUT2D eigenvalue weighted by Gasteiger charge is -2.23. The number of carbonyl (C=O) groups excluding carboxylic acids is 2. The van der Waals surface area contributed by atoms with Gasteiger partial charge in [-0.3, -0.25) is 9.59 Å². The molecule has 7 heteroatoms. The Kier molecular flexibility index (Phi) is 5.59. The van der Waals surface area contributed by atoms with Gasteiger partial charge in [0.05, 0.1) is 18.8 Å². The van der Waals surface area contributed by atoms with Crippen LogP contribution < -0.4 is 10.2 Å². The Morgan fingerprint density at radius 1 is 1.15 bits per heavy atom. The van der Waals surface area contributed by atoms with Crippen molar-refractivity contribution in [3.8, 4) is 0 Å². The van der Waals surface area contributed by atoms with Crippen LogP contribution in [-0.2, 0) is 22.4 Å². The molecule has 2 heterocycles. The quantitative estimate of drug-likeness (QED) is 0.748. The lowest BCUT2D eigenvalue weighted by molar-refractivity contribution is -0.899. The zero-order valence-electron chi connectivity index (χ0n) is 15.0. The molecule has 27 heavy (non-hydrogen) atoms. The molecule has 2 aromatic rings. The van der Waals surface area contributed by atoms with Crippen LogP contribution >= 0.6 is 22.9 Å². The van der Waals surface area contributed by atoms with E-state index in [0.29, 0.717) is 40.9 Å². The third-order valence-electron chi connectivity index (χ3n) is 5.12. The van der Waals surface area contributed by atoms with E-state index in [9.17, 15) is 9.59 Å². The predicted octanol–water partition coefficient (Wildman–Crippen LogP) is 1.97. The number of hydrogen-bond donors (Lipinski definition) is 2. The summed E-state index contributed by atoms with van der Waals surface area (Å²) in [7, 11) is 0. The molecule has 0 unspecified atom stereocenters. The molecule has 1 fully saturated rings. The minimum absolute atomic E-state index is 0.0416. The number of quaternary nitrogens is 1. The summed E-state index contributed by atoms with van der Waals surface area (Å²) in [5.74, 6) is -0.0861. The smallest absolute Gasteiger partial charge is 0.280 e. The molecule has 1 aliphatic carbocycles. The van der Waals surface area contributed by atoms with Crippen molar-refractivity contribution in [2.24, 2.45) is 0 Å². The fourth-order valence-electron chi connectivity index (χ4n) is 3.71. The molecule has 1 aromatic heterocycles. The minimum Gasteiger partial charge on any atom is -0.370 e. The van der Waals surface area contributed by atoms with Crippen molar-refractivity contribution in [2.75, 3.05) is 38.2 Å². The molecule has 1 saturated heterocycles. The summed E-state index contributed by atoms with van der Waals surface area (Å²) in [6.07, 6.45) is 2.94. The van der Waals surface area contributed by atoms with Gasteiger partial charge in [0, 0.05) is 15.5 Å². The Labute approximate surface area is 167 Å². The first kappa shape index (κ1) is 18.6. The maximum absolute atomic E-state index is 13.2. The van der Waals surface area contributed by atoms with Gasteiger partial charge in [0.25, 0.3) is 5.91 Å². The molecule has 0 radical (unpaired) electrons. The first-order valence-corrected chi connectivity index (χ1v) is 10.5. The average molecular weight is 406 g/mol. The first-order chi connectivity index (χ1) is 13.1. The summed E-state index contributed by atoms with van der Waals surface area (Å²) < 4.78 is 5.34. The number of aryl methyl sites for hydroxylation is 1. The number of hydrogen-bond acceptors (Lipinski definition) is 4. The molecule has 2 aliphatic rings. The number of ether oxygens (including phenoxy) is 1. The predicted molar refractivity (Wildman–Crippen MR) is 106 cm³/mol. The highest BCUT2D eigenvalue weighted by molar-refractivity contribution is 7.17. The van der Waals surface area contributed by atoms with Gasteiger partial charge in [0.1, 0.15) is 18.1 Å². The monoisotopic (exact) mass is 405 g/mol. The number of benzene rings is 1. The van der Waals surface area contributed by atoms with E-state index in [4.69, 9.17) is 16.3 Å². The van der Waals surface area contributed by atoms with E-state index in [1.54, 1.807) is 35.6 Å². The molecule has 0 saturated carbocycles. The van der Waals surface area contributed by atoms with Crippen LogP contribution in [0.15, 0.2) is 24.3 Å². The van der Waals surface area contributed by atoms with Crippen LogP contribution in [0.2, 0.25) is 5.02 Å². The molecule has 1 amide bonds. The van der Waals surface area contributed by atoms with Crippen LogP contribution in [0.3, 0.4) is 0 Å². The van der Waals surface area contributed by atoms with Gasteiger partial charge in [-0.05, 0) is 49.1 Å². The number of ketones is 1. The zero-order chi connectivity index (χ0) is 18.8. The second-order valence-corrected chi connectivity index (χ2v) is 8.53. The largest absolute Gasteiger partial charge is 0.370 e. The van der Waals surface area contributed by atoms with Crippen LogP contribution in [0.1, 0.15) is 32.8 Å². The Morgan fingerprint density at radius 3 is 2.63 bits per heavy atom. The molecule has 1 aliphatic heterocycles. The Balaban J connectivity index is 1.56. The van der Waals surface area contributed by atoms with E-state index in [1.165, 1.54) is 9.78 Å². The van der Waals surface area contributed by atoms with Crippen molar-refractivity contribution in [3.63, 3.8) is 0 Å². The molecule has 4 rings (SSSR count). The summed E-state index contributed by atoms with van der Waals surface area (Å²) >= 11 is 7.50. The maximum Gasteiger partial charge on any atom is 0.280 e. The second-order valence-electron chi connectivity index (χ2n) is 6.98. The van der Waals surface area contributed by atoms with Crippen molar-refractivity contribution in [2.45, 2.75) is 19.3 Å². The topological polar surface area (TPSA) is 59.8 Å². The number of nitrogens with one attached hydrogen (secondary N) is 2. The fraction of sp³-hybridized carbons (Fsp3) is 0.400. The molecule has 1 aromatic carbocycles. The Morgan fingerprint density at radius 2 is 1.89 bits per heavy atom. The summed E-state index contributed by atoms with van der Waals surface area (Å²) in [5.41, 5.74) is 2.37. The number of amides is 1. The standard InChI is InChI=1S/C20H21ClN2O3S/c21-14-6-4-13(5-7-14)19(25)18-15-2-1-3-16(15)27-20(18)22-17(24)12-23-8-10-26-11-9-23/h4-7H,1-3,8-12H2,(H,22,24)/p+1. The second kappa shape index (κ2) is 8.10. The SMILES string of the molecule is O=C(C[NH+]1CCOCC1)Nc1sc2c(c1C(=O)c1ccc(Cl)cc1)CCC2. The molecule has 0 spiro atoms. The van der Waals surface area contributed by atoms with E-state index in [-0.39, 0.29) is 11.7 Å². The molecule has 0 atom stereocenters. The van der Waals surface area contributed by atoms with Gasteiger partial charge >= 0.3 is 0 Å².